The summed E-state index contributed by atoms with van der Waals surface area (Å²) in [6, 6.07) is 21.2. The van der Waals surface area contributed by atoms with E-state index in [0.717, 1.165) is 38.9 Å². The highest BCUT2D eigenvalue weighted by atomic mass is 16.8. The summed E-state index contributed by atoms with van der Waals surface area (Å²) in [5.41, 5.74) is 2.56. The first kappa shape index (κ1) is 20.2. The zero-order valence-corrected chi connectivity index (χ0v) is 17.7. The Morgan fingerprint density at radius 3 is 2.20 bits per heavy atom. The summed E-state index contributed by atoms with van der Waals surface area (Å²) in [4.78, 5) is 2.50. The molecule has 0 radical (unpaired) electrons. The average molecular weight is 408 g/mol. The number of nitrogens with zero attached hydrogens (tertiary/aromatic N) is 1. The van der Waals surface area contributed by atoms with Gasteiger partial charge in [-0.1, -0.05) is 67.1 Å². The van der Waals surface area contributed by atoms with Gasteiger partial charge >= 0.3 is 0 Å². The Hall–Kier alpha value is -1.72. The van der Waals surface area contributed by atoms with Crippen LogP contribution in [0.25, 0.3) is 0 Å². The lowest BCUT2D eigenvalue weighted by atomic mass is 9.94. The van der Waals surface area contributed by atoms with E-state index in [-0.39, 0.29) is 24.1 Å². The predicted octanol–water partition coefficient (Wildman–Crippen LogP) is 4.92. The van der Waals surface area contributed by atoms with Crippen LogP contribution in [0.2, 0.25) is 0 Å². The molecule has 3 fully saturated rings. The zero-order valence-electron chi connectivity index (χ0n) is 17.7. The lowest BCUT2D eigenvalue weighted by molar-refractivity contribution is -0.199. The topological polar surface area (TPSA) is 30.9 Å². The van der Waals surface area contributed by atoms with Crippen LogP contribution in [-0.2, 0) is 27.4 Å². The third-order valence-corrected chi connectivity index (χ3v) is 6.74. The van der Waals surface area contributed by atoms with Gasteiger partial charge in [-0.2, -0.15) is 0 Å². The monoisotopic (exact) mass is 407 g/mol. The zero-order chi connectivity index (χ0) is 20.2. The standard InChI is InChI=1S/C26H33NO3/c1-4-10-21(11-5-1)17-27-18-23(28-20-22-12-6-2-7-13-22)16-24-25(19-27)30-26(29-24)14-8-3-9-15-26/h1-2,4-7,10-13,23-25H,3,8-9,14-20H2/t23-,24-,25+/m1/s1. The highest BCUT2D eigenvalue weighted by molar-refractivity contribution is 5.15. The van der Waals surface area contributed by atoms with Gasteiger partial charge in [-0.3, -0.25) is 4.90 Å². The molecule has 0 N–H and O–H groups in total. The third kappa shape index (κ3) is 4.78. The molecular weight excluding hydrogens is 374 g/mol. The fourth-order valence-electron chi connectivity index (χ4n) is 5.24. The second-order valence-corrected chi connectivity index (χ2v) is 9.12. The Balaban J connectivity index is 1.30. The van der Waals surface area contributed by atoms with Gasteiger partial charge in [-0.05, 0) is 24.0 Å². The quantitative estimate of drug-likeness (QED) is 0.704. The lowest BCUT2D eigenvalue weighted by Gasteiger charge is -2.33. The van der Waals surface area contributed by atoms with Crippen molar-refractivity contribution in [2.45, 2.75) is 75.8 Å². The van der Waals surface area contributed by atoms with E-state index < -0.39 is 0 Å². The number of hydrogen-bond donors (Lipinski definition) is 0. The minimum Gasteiger partial charge on any atom is -0.372 e. The van der Waals surface area contributed by atoms with Crippen LogP contribution in [0, 0.1) is 0 Å². The summed E-state index contributed by atoms with van der Waals surface area (Å²) in [7, 11) is 0. The van der Waals surface area contributed by atoms with Gasteiger partial charge in [-0.15, -0.1) is 0 Å². The molecule has 5 rings (SSSR count). The van der Waals surface area contributed by atoms with Crippen molar-refractivity contribution >= 4 is 0 Å². The van der Waals surface area contributed by atoms with Gasteiger partial charge in [0, 0.05) is 38.9 Å². The molecule has 1 aliphatic carbocycles. The van der Waals surface area contributed by atoms with Crippen molar-refractivity contribution in [1.29, 1.82) is 0 Å². The third-order valence-electron chi connectivity index (χ3n) is 6.74. The Labute approximate surface area is 180 Å². The molecule has 4 nitrogen and oxygen atoms in total. The Bertz CT molecular complexity index is 790. The Kier molecular flexibility index (Phi) is 6.19. The molecule has 1 saturated carbocycles. The summed E-state index contributed by atoms with van der Waals surface area (Å²) >= 11 is 0. The van der Waals surface area contributed by atoms with Gasteiger partial charge in [-0.25, -0.2) is 0 Å². The molecule has 3 aliphatic rings. The van der Waals surface area contributed by atoms with Crippen molar-refractivity contribution in [1.82, 2.24) is 4.90 Å². The smallest absolute Gasteiger partial charge is 0.169 e. The largest absolute Gasteiger partial charge is 0.372 e. The minimum absolute atomic E-state index is 0.129. The lowest BCUT2D eigenvalue weighted by Crippen LogP contribution is -2.38. The van der Waals surface area contributed by atoms with Crippen molar-refractivity contribution in [3.8, 4) is 0 Å². The van der Waals surface area contributed by atoms with E-state index in [9.17, 15) is 0 Å². The molecule has 2 heterocycles. The maximum absolute atomic E-state index is 6.63. The van der Waals surface area contributed by atoms with Crippen LogP contribution in [0.5, 0.6) is 0 Å². The van der Waals surface area contributed by atoms with Crippen molar-refractivity contribution in [3.63, 3.8) is 0 Å². The summed E-state index contributed by atoms with van der Waals surface area (Å²) in [6.45, 7) is 3.39. The fourth-order valence-corrected chi connectivity index (χ4v) is 5.24. The van der Waals surface area contributed by atoms with Crippen LogP contribution in [0.15, 0.2) is 60.7 Å². The molecule has 3 atom stereocenters. The SMILES string of the molecule is c1ccc(CO[C@@H]2C[C@H]3OC4(CCCCC4)O[C@H]3CN(Cc3ccccc3)C2)cc1. The maximum Gasteiger partial charge on any atom is 0.169 e. The molecule has 2 aliphatic heterocycles. The number of ether oxygens (including phenoxy) is 3. The van der Waals surface area contributed by atoms with Gasteiger partial charge in [0.2, 0.25) is 0 Å². The highest BCUT2D eigenvalue weighted by Crippen LogP contribution is 2.43. The highest BCUT2D eigenvalue weighted by Gasteiger charge is 2.50. The normalized spacial score (nSPS) is 28.9. The van der Waals surface area contributed by atoms with E-state index in [0.29, 0.717) is 6.61 Å². The molecule has 2 aromatic carbocycles. The Morgan fingerprint density at radius 2 is 1.47 bits per heavy atom. The molecule has 0 unspecified atom stereocenters. The van der Waals surface area contributed by atoms with Crippen molar-refractivity contribution in [2.75, 3.05) is 13.1 Å². The van der Waals surface area contributed by atoms with Crippen molar-refractivity contribution in [2.24, 2.45) is 0 Å². The average Bonchev–Trinajstić information content (AvgIpc) is 3.00. The number of benzene rings is 2. The summed E-state index contributed by atoms with van der Waals surface area (Å²) < 4.78 is 19.7. The van der Waals surface area contributed by atoms with Gasteiger partial charge in [0.1, 0.15) is 0 Å². The first-order valence-electron chi connectivity index (χ1n) is 11.6. The van der Waals surface area contributed by atoms with Crippen LogP contribution in [0.1, 0.15) is 49.7 Å². The number of likely N-dealkylation sites (tertiary alicyclic amines) is 1. The molecule has 2 aromatic rings. The number of rotatable bonds is 5. The van der Waals surface area contributed by atoms with Gasteiger partial charge in [0.05, 0.1) is 24.9 Å². The molecular formula is C26H33NO3. The van der Waals surface area contributed by atoms with E-state index in [1.54, 1.807) is 0 Å². The number of hydrogen-bond acceptors (Lipinski definition) is 4. The van der Waals surface area contributed by atoms with Crippen molar-refractivity contribution in [3.05, 3.63) is 71.8 Å². The minimum atomic E-state index is -0.340. The second kappa shape index (κ2) is 9.19. The van der Waals surface area contributed by atoms with Gasteiger partial charge < -0.3 is 14.2 Å². The van der Waals surface area contributed by atoms with Crippen LogP contribution < -0.4 is 0 Å². The van der Waals surface area contributed by atoms with Crippen LogP contribution in [-0.4, -0.2) is 42.1 Å². The Morgan fingerprint density at radius 1 is 0.800 bits per heavy atom. The maximum atomic E-state index is 6.63. The first-order valence-corrected chi connectivity index (χ1v) is 11.6. The molecule has 1 spiro atoms. The predicted molar refractivity (Wildman–Crippen MR) is 117 cm³/mol. The fraction of sp³-hybridized carbons (Fsp3) is 0.538. The first-order chi connectivity index (χ1) is 14.8. The van der Waals surface area contributed by atoms with Gasteiger partial charge in [0.15, 0.2) is 5.79 Å². The molecule has 2 saturated heterocycles. The van der Waals surface area contributed by atoms with E-state index in [2.05, 4.69) is 65.6 Å². The van der Waals surface area contributed by atoms with Crippen LogP contribution in [0.3, 0.4) is 0 Å². The van der Waals surface area contributed by atoms with E-state index in [1.165, 1.54) is 30.4 Å². The summed E-state index contributed by atoms with van der Waals surface area (Å²) in [5, 5.41) is 0. The molecule has 0 bridgehead atoms. The van der Waals surface area contributed by atoms with E-state index in [1.807, 2.05) is 0 Å². The molecule has 30 heavy (non-hydrogen) atoms. The van der Waals surface area contributed by atoms with Gasteiger partial charge in [0.25, 0.3) is 0 Å². The summed E-state index contributed by atoms with van der Waals surface area (Å²) in [5.74, 6) is -0.340. The molecule has 4 heteroatoms. The summed E-state index contributed by atoms with van der Waals surface area (Å²) in [6.07, 6.45) is 7.11. The van der Waals surface area contributed by atoms with Crippen molar-refractivity contribution < 1.29 is 14.2 Å². The molecule has 0 aromatic heterocycles. The second-order valence-electron chi connectivity index (χ2n) is 9.12. The van der Waals surface area contributed by atoms with E-state index in [4.69, 9.17) is 14.2 Å². The molecule has 160 valence electrons. The number of fused-ring (bicyclic) bond motifs is 1. The van der Waals surface area contributed by atoms with Crippen LogP contribution in [0.4, 0.5) is 0 Å². The van der Waals surface area contributed by atoms with Crippen LogP contribution >= 0.6 is 0 Å². The molecule has 0 amide bonds. The van der Waals surface area contributed by atoms with E-state index >= 15 is 0 Å².